The van der Waals surface area contributed by atoms with Gasteiger partial charge in [0.2, 0.25) is 0 Å². The topological polar surface area (TPSA) is 24.7 Å². The second kappa shape index (κ2) is 11.7. The van der Waals surface area contributed by atoms with Gasteiger partial charge in [-0.25, -0.2) is 0 Å². The standard InChI is InChI=1S/C27H36N2/c1-3-5-10-23-17-19-26(20-18-23)27(25-11-7-6-8-12-25)29-28-21-24-15-13-22(9-4-2)14-16-24/h6-8,11-16,21,23,26H,3-5,9-10,17-20H2,1-2H3/t23-,26-. The summed E-state index contributed by atoms with van der Waals surface area (Å²) in [4.78, 5) is 0. The van der Waals surface area contributed by atoms with E-state index in [4.69, 9.17) is 5.10 Å². The molecular weight excluding hydrogens is 352 g/mol. The molecule has 0 radical (unpaired) electrons. The average Bonchev–Trinajstić information content (AvgIpc) is 2.78. The highest BCUT2D eigenvalue weighted by Crippen LogP contribution is 2.34. The summed E-state index contributed by atoms with van der Waals surface area (Å²) in [7, 11) is 0. The first-order valence-electron chi connectivity index (χ1n) is 11.6. The van der Waals surface area contributed by atoms with Gasteiger partial charge in [-0.05, 0) is 54.7 Å². The van der Waals surface area contributed by atoms with Crippen LogP contribution in [0.1, 0.15) is 81.9 Å². The van der Waals surface area contributed by atoms with E-state index in [9.17, 15) is 0 Å². The van der Waals surface area contributed by atoms with Crippen LogP contribution in [0, 0.1) is 11.8 Å². The predicted octanol–water partition coefficient (Wildman–Crippen LogP) is 7.46. The molecule has 1 fully saturated rings. The lowest BCUT2D eigenvalue weighted by Gasteiger charge is -2.29. The third kappa shape index (κ3) is 6.66. The van der Waals surface area contributed by atoms with Gasteiger partial charge in [-0.2, -0.15) is 10.2 Å². The zero-order chi connectivity index (χ0) is 20.3. The van der Waals surface area contributed by atoms with Crippen LogP contribution >= 0.6 is 0 Å². The first-order chi connectivity index (χ1) is 14.3. The SMILES string of the molecule is CCCC[C@H]1CC[C@H](C(=NN=Cc2ccc(CCC)cc2)c2ccccc2)CC1. The van der Waals surface area contributed by atoms with Crippen molar-refractivity contribution in [2.75, 3.05) is 0 Å². The highest BCUT2D eigenvalue weighted by Gasteiger charge is 2.25. The molecule has 0 aliphatic heterocycles. The number of hydrogen-bond acceptors (Lipinski definition) is 2. The minimum absolute atomic E-state index is 0.527. The van der Waals surface area contributed by atoms with Crippen LogP contribution in [0.25, 0.3) is 0 Å². The molecule has 154 valence electrons. The van der Waals surface area contributed by atoms with Gasteiger partial charge in [0, 0.05) is 5.92 Å². The molecule has 2 aromatic rings. The van der Waals surface area contributed by atoms with Crippen LogP contribution in [-0.2, 0) is 6.42 Å². The smallest absolute Gasteiger partial charge is 0.0733 e. The zero-order valence-corrected chi connectivity index (χ0v) is 18.2. The molecular formula is C27H36N2. The van der Waals surface area contributed by atoms with E-state index in [0.717, 1.165) is 17.9 Å². The minimum atomic E-state index is 0.527. The third-order valence-corrected chi connectivity index (χ3v) is 6.16. The van der Waals surface area contributed by atoms with E-state index in [0.29, 0.717) is 5.92 Å². The Labute approximate surface area is 177 Å². The maximum Gasteiger partial charge on any atom is 0.0733 e. The Kier molecular flexibility index (Phi) is 8.67. The number of nitrogens with zero attached hydrogens (tertiary/aromatic N) is 2. The Morgan fingerprint density at radius 2 is 1.62 bits per heavy atom. The van der Waals surface area contributed by atoms with Crippen LogP contribution in [0.3, 0.4) is 0 Å². The maximum atomic E-state index is 4.74. The van der Waals surface area contributed by atoms with Gasteiger partial charge in [0.05, 0.1) is 11.9 Å². The fourth-order valence-corrected chi connectivity index (χ4v) is 4.42. The van der Waals surface area contributed by atoms with Crippen LogP contribution in [-0.4, -0.2) is 11.9 Å². The molecule has 2 heteroatoms. The molecule has 3 rings (SSSR count). The van der Waals surface area contributed by atoms with Crippen molar-refractivity contribution in [1.82, 2.24) is 0 Å². The van der Waals surface area contributed by atoms with Gasteiger partial charge in [-0.15, -0.1) is 0 Å². The van der Waals surface area contributed by atoms with Crippen LogP contribution in [0.4, 0.5) is 0 Å². The average molecular weight is 389 g/mol. The number of hydrogen-bond donors (Lipinski definition) is 0. The number of aryl methyl sites for hydroxylation is 1. The lowest BCUT2D eigenvalue weighted by molar-refractivity contribution is 0.301. The van der Waals surface area contributed by atoms with Crippen molar-refractivity contribution >= 4 is 11.9 Å². The molecule has 0 heterocycles. The molecule has 0 aromatic heterocycles. The maximum absolute atomic E-state index is 4.74. The lowest BCUT2D eigenvalue weighted by atomic mass is 9.76. The summed E-state index contributed by atoms with van der Waals surface area (Å²) < 4.78 is 0. The van der Waals surface area contributed by atoms with Crippen molar-refractivity contribution in [3.8, 4) is 0 Å². The molecule has 0 unspecified atom stereocenters. The van der Waals surface area contributed by atoms with E-state index in [1.54, 1.807) is 0 Å². The largest absolute Gasteiger partial charge is 0.158 e. The van der Waals surface area contributed by atoms with Crippen molar-refractivity contribution in [1.29, 1.82) is 0 Å². The molecule has 29 heavy (non-hydrogen) atoms. The van der Waals surface area contributed by atoms with Crippen LogP contribution in [0.5, 0.6) is 0 Å². The van der Waals surface area contributed by atoms with Gasteiger partial charge in [0.15, 0.2) is 0 Å². The molecule has 1 aliphatic carbocycles. The second-order valence-corrected chi connectivity index (χ2v) is 8.45. The van der Waals surface area contributed by atoms with E-state index in [-0.39, 0.29) is 0 Å². The highest BCUT2D eigenvalue weighted by molar-refractivity contribution is 6.02. The minimum Gasteiger partial charge on any atom is -0.158 e. The normalized spacial score (nSPS) is 20.3. The quantitative estimate of drug-likeness (QED) is 0.314. The molecule has 2 nitrogen and oxygen atoms in total. The highest BCUT2D eigenvalue weighted by atomic mass is 15.2. The monoisotopic (exact) mass is 388 g/mol. The van der Waals surface area contributed by atoms with Crippen molar-refractivity contribution in [3.05, 3.63) is 71.3 Å². The first-order valence-corrected chi connectivity index (χ1v) is 11.6. The molecule has 1 aliphatic rings. The molecule has 0 atom stereocenters. The van der Waals surface area contributed by atoms with E-state index in [1.807, 2.05) is 6.21 Å². The molecule has 0 saturated heterocycles. The Balaban J connectivity index is 1.71. The summed E-state index contributed by atoms with van der Waals surface area (Å²) in [6.07, 6.45) is 13.4. The van der Waals surface area contributed by atoms with Gasteiger partial charge in [-0.3, -0.25) is 0 Å². The molecule has 2 aromatic carbocycles. The van der Waals surface area contributed by atoms with Gasteiger partial charge in [-0.1, -0.05) is 94.1 Å². The second-order valence-electron chi connectivity index (χ2n) is 8.45. The van der Waals surface area contributed by atoms with Gasteiger partial charge >= 0.3 is 0 Å². The molecule has 0 N–H and O–H groups in total. The summed E-state index contributed by atoms with van der Waals surface area (Å²) in [5, 5.41) is 9.25. The lowest BCUT2D eigenvalue weighted by Crippen LogP contribution is -2.22. The fraction of sp³-hybridized carbons (Fsp3) is 0.481. The van der Waals surface area contributed by atoms with Crippen molar-refractivity contribution < 1.29 is 0 Å². The van der Waals surface area contributed by atoms with E-state index in [1.165, 1.54) is 68.2 Å². The molecule has 0 spiro atoms. The van der Waals surface area contributed by atoms with Crippen LogP contribution in [0.2, 0.25) is 0 Å². The predicted molar refractivity (Wildman–Crippen MR) is 126 cm³/mol. The summed E-state index contributed by atoms with van der Waals surface area (Å²) in [5.41, 5.74) is 4.89. The Bertz CT molecular complexity index is 766. The van der Waals surface area contributed by atoms with Crippen LogP contribution in [0.15, 0.2) is 64.8 Å². The number of benzene rings is 2. The fourth-order valence-electron chi connectivity index (χ4n) is 4.42. The van der Waals surface area contributed by atoms with E-state index >= 15 is 0 Å². The van der Waals surface area contributed by atoms with E-state index in [2.05, 4.69) is 73.5 Å². The van der Waals surface area contributed by atoms with Crippen LogP contribution < -0.4 is 0 Å². The van der Waals surface area contributed by atoms with Gasteiger partial charge in [0.1, 0.15) is 0 Å². The molecule has 1 saturated carbocycles. The molecule has 0 bridgehead atoms. The van der Waals surface area contributed by atoms with Gasteiger partial charge < -0.3 is 0 Å². The summed E-state index contributed by atoms with van der Waals surface area (Å²) in [6, 6.07) is 19.3. The Morgan fingerprint density at radius 1 is 0.897 bits per heavy atom. The Hall–Kier alpha value is -2.22. The van der Waals surface area contributed by atoms with Crippen molar-refractivity contribution in [2.24, 2.45) is 22.0 Å². The summed E-state index contributed by atoms with van der Waals surface area (Å²) in [5.74, 6) is 1.44. The summed E-state index contributed by atoms with van der Waals surface area (Å²) in [6.45, 7) is 4.51. The first kappa shape index (κ1) is 21.5. The van der Waals surface area contributed by atoms with Gasteiger partial charge in [0.25, 0.3) is 0 Å². The van der Waals surface area contributed by atoms with Crippen molar-refractivity contribution in [2.45, 2.75) is 71.6 Å². The number of rotatable bonds is 9. The van der Waals surface area contributed by atoms with Crippen molar-refractivity contribution in [3.63, 3.8) is 0 Å². The zero-order valence-electron chi connectivity index (χ0n) is 18.2. The third-order valence-electron chi connectivity index (χ3n) is 6.16. The Morgan fingerprint density at radius 3 is 2.28 bits per heavy atom. The van der Waals surface area contributed by atoms with E-state index < -0.39 is 0 Å². The number of unbranched alkanes of at least 4 members (excludes halogenated alkanes) is 1. The molecule has 0 amide bonds. The summed E-state index contributed by atoms with van der Waals surface area (Å²) >= 11 is 0.